The van der Waals surface area contributed by atoms with Crippen LogP contribution in [0.2, 0.25) is 0 Å². The second-order valence-electron chi connectivity index (χ2n) is 3.14. The Morgan fingerprint density at radius 2 is 2.46 bits per heavy atom. The van der Waals surface area contributed by atoms with Crippen LogP contribution in [0.4, 0.5) is 0 Å². The molecule has 0 unspecified atom stereocenters. The molecule has 1 aromatic heterocycles. The first-order valence-electron chi connectivity index (χ1n) is 4.13. The highest BCUT2D eigenvalue weighted by atomic mass is 16.2. The van der Waals surface area contributed by atoms with E-state index in [4.69, 9.17) is 0 Å². The molecule has 2 rings (SSSR count). The maximum Gasteiger partial charge on any atom is 0.246 e. The zero-order chi connectivity index (χ0) is 9.42. The number of hydrogen-bond acceptors (Lipinski definition) is 2. The Labute approximate surface area is 76.5 Å². The number of aromatic nitrogens is 2. The highest BCUT2D eigenvalue weighted by Crippen LogP contribution is 2.21. The van der Waals surface area contributed by atoms with E-state index in [1.807, 2.05) is 17.9 Å². The van der Waals surface area contributed by atoms with Gasteiger partial charge in [-0.1, -0.05) is 6.58 Å². The quantitative estimate of drug-likeness (QED) is 0.584. The Kier molecular flexibility index (Phi) is 1.69. The van der Waals surface area contributed by atoms with Gasteiger partial charge in [0.2, 0.25) is 5.91 Å². The molecule has 0 aromatic carbocycles. The summed E-state index contributed by atoms with van der Waals surface area (Å²) in [5, 5.41) is 4.11. The van der Waals surface area contributed by atoms with Crippen molar-refractivity contribution in [2.24, 2.45) is 7.05 Å². The van der Waals surface area contributed by atoms with Crippen molar-refractivity contribution in [1.82, 2.24) is 14.7 Å². The predicted octanol–water partition coefficient (Wildman–Crippen LogP) is 0.448. The molecule has 1 amide bonds. The van der Waals surface area contributed by atoms with Crippen molar-refractivity contribution in [1.29, 1.82) is 0 Å². The van der Waals surface area contributed by atoms with Gasteiger partial charge >= 0.3 is 0 Å². The van der Waals surface area contributed by atoms with Crippen LogP contribution in [-0.2, 0) is 24.9 Å². The summed E-state index contributed by atoms with van der Waals surface area (Å²) in [5.74, 6) is -0.0174. The van der Waals surface area contributed by atoms with Crippen LogP contribution in [0.25, 0.3) is 0 Å². The Hall–Kier alpha value is -1.58. The first-order chi connectivity index (χ1) is 6.22. The van der Waals surface area contributed by atoms with Gasteiger partial charge in [0.1, 0.15) is 0 Å². The van der Waals surface area contributed by atoms with Gasteiger partial charge in [0.15, 0.2) is 0 Å². The Bertz CT molecular complexity index is 367. The molecule has 0 N–H and O–H groups in total. The molecule has 4 heteroatoms. The van der Waals surface area contributed by atoms with E-state index < -0.39 is 0 Å². The highest BCUT2D eigenvalue weighted by molar-refractivity contribution is 5.87. The van der Waals surface area contributed by atoms with E-state index in [9.17, 15) is 4.79 Å². The lowest BCUT2D eigenvalue weighted by Crippen LogP contribution is -2.23. The first kappa shape index (κ1) is 8.04. The molecule has 1 aliphatic heterocycles. The fourth-order valence-electron chi connectivity index (χ4n) is 1.57. The normalized spacial score (nSPS) is 14.4. The Morgan fingerprint density at radius 1 is 1.69 bits per heavy atom. The van der Waals surface area contributed by atoms with Crippen molar-refractivity contribution in [2.45, 2.75) is 13.1 Å². The molecule has 1 aromatic rings. The van der Waals surface area contributed by atoms with E-state index in [0.717, 1.165) is 11.3 Å². The van der Waals surface area contributed by atoms with Crippen molar-refractivity contribution in [2.75, 3.05) is 0 Å². The minimum atomic E-state index is -0.0174. The van der Waals surface area contributed by atoms with Crippen LogP contribution >= 0.6 is 0 Å². The molecule has 0 aliphatic carbocycles. The van der Waals surface area contributed by atoms with E-state index in [1.165, 1.54) is 6.08 Å². The van der Waals surface area contributed by atoms with E-state index in [2.05, 4.69) is 11.7 Å². The van der Waals surface area contributed by atoms with Crippen LogP contribution in [-0.4, -0.2) is 20.6 Å². The third-order valence-corrected chi connectivity index (χ3v) is 2.34. The molecule has 68 valence electrons. The average molecular weight is 177 g/mol. The zero-order valence-corrected chi connectivity index (χ0v) is 7.53. The zero-order valence-electron chi connectivity index (χ0n) is 7.53. The van der Waals surface area contributed by atoms with Crippen LogP contribution in [0.1, 0.15) is 11.3 Å². The number of carbonyl (C=O) groups excluding carboxylic acids is 1. The molecular formula is C9H11N3O. The van der Waals surface area contributed by atoms with Gasteiger partial charge < -0.3 is 4.90 Å². The second kappa shape index (κ2) is 2.73. The van der Waals surface area contributed by atoms with E-state index in [-0.39, 0.29) is 5.91 Å². The SMILES string of the molecule is C=CC(=O)N1Cc2cnn(C)c2C1. The number of carbonyl (C=O) groups is 1. The molecule has 4 nitrogen and oxygen atoms in total. The van der Waals surface area contributed by atoms with E-state index in [1.54, 1.807) is 4.90 Å². The fraction of sp³-hybridized carbons (Fsp3) is 0.333. The lowest BCUT2D eigenvalue weighted by Gasteiger charge is -2.12. The lowest BCUT2D eigenvalue weighted by molar-refractivity contribution is -0.126. The summed E-state index contributed by atoms with van der Waals surface area (Å²) in [6.07, 6.45) is 3.16. The second-order valence-corrected chi connectivity index (χ2v) is 3.14. The number of nitrogens with zero attached hydrogens (tertiary/aromatic N) is 3. The molecule has 0 fully saturated rings. The van der Waals surface area contributed by atoms with E-state index >= 15 is 0 Å². The first-order valence-corrected chi connectivity index (χ1v) is 4.13. The molecule has 0 atom stereocenters. The monoisotopic (exact) mass is 177 g/mol. The molecular weight excluding hydrogens is 166 g/mol. The molecule has 1 aliphatic rings. The van der Waals surface area contributed by atoms with Gasteiger partial charge in [0.05, 0.1) is 18.4 Å². The molecule has 2 heterocycles. The third kappa shape index (κ3) is 1.14. The van der Waals surface area contributed by atoms with Crippen molar-refractivity contribution in [3.63, 3.8) is 0 Å². The van der Waals surface area contributed by atoms with Gasteiger partial charge in [0.25, 0.3) is 0 Å². The number of fused-ring (bicyclic) bond motifs is 1. The van der Waals surface area contributed by atoms with Crippen LogP contribution < -0.4 is 0 Å². The molecule has 0 spiro atoms. The third-order valence-electron chi connectivity index (χ3n) is 2.34. The number of hydrogen-bond donors (Lipinski definition) is 0. The molecule has 13 heavy (non-hydrogen) atoms. The van der Waals surface area contributed by atoms with Crippen LogP contribution in [0, 0.1) is 0 Å². The summed E-state index contributed by atoms with van der Waals surface area (Å²) in [4.78, 5) is 13.0. The molecule has 0 saturated carbocycles. The summed E-state index contributed by atoms with van der Waals surface area (Å²) in [6.45, 7) is 4.77. The van der Waals surface area contributed by atoms with Crippen LogP contribution in [0.5, 0.6) is 0 Å². The Balaban J connectivity index is 2.23. The summed E-state index contributed by atoms with van der Waals surface area (Å²) in [6, 6.07) is 0. The van der Waals surface area contributed by atoms with Crippen molar-refractivity contribution in [3.8, 4) is 0 Å². The minimum Gasteiger partial charge on any atom is -0.329 e. The lowest BCUT2D eigenvalue weighted by atomic mass is 10.3. The van der Waals surface area contributed by atoms with Crippen molar-refractivity contribution >= 4 is 5.91 Å². The Morgan fingerprint density at radius 3 is 3.08 bits per heavy atom. The topological polar surface area (TPSA) is 38.1 Å². The maximum atomic E-state index is 11.3. The minimum absolute atomic E-state index is 0.0174. The predicted molar refractivity (Wildman–Crippen MR) is 47.7 cm³/mol. The summed E-state index contributed by atoms with van der Waals surface area (Å²) >= 11 is 0. The van der Waals surface area contributed by atoms with Gasteiger partial charge in [-0.3, -0.25) is 9.48 Å². The standard InChI is InChI=1S/C9H11N3O/c1-3-9(13)12-5-7-4-10-11(2)8(7)6-12/h3-4H,1,5-6H2,2H3. The fourth-order valence-corrected chi connectivity index (χ4v) is 1.57. The van der Waals surface area contributed by atoms with Crippen molar-refractivity contribution < 1.29 is 4.79 Å². The average Bonchev–Trinajstić information content (AvgIpc) is 2.67. The summed E-state index contributed by atoms with van der Waals surface area (Å²) in [5.41, 5.74) is 2.26. The summed E-state index contributed by atoms with van der Waals surface area (Å²) < 4.78 is 1.81. The summed E-state index contributed by atoms with van der Waals surface area (Å²) in [7, 11) is 1.89. The maximum absolute atomic E-state index is 11.3. The van der Waals surface area contributed by atoms with Gasteiger partial charge in [0, 0.05) is 19.2 Å². The molecule has 0 radical (unpaired) electrons. The molecule has 0 saturated heterocycles. The van der Waals surface area contributed by atoms with Gasteiger partial charge in [-0.25, -0.2) is 0 Å². The van der Waals surface area contributed by atoms with Gasteiger partial charge in [-0.15, -0.1) is 0 Å². The molecule has 0 bridgehead atoms. The smallest absolute Gasteiger partial charge is 0.246 e. The van der Waals surface area contributed by atoms with Gasteiger partial charge in [-0.05, 0) is 6.08 Å². The largest absolute Gasteiger partial charge is 0.329 e. The number of amides is 1. The van der Waals surface area contributed by atoms with Gasteiger partial charge in [-0.2, -0.15) is 5.10 Å². The van der Waals surface area contributed by atoms with Crippen molar-refractivity contribution in [3.05, 3.63) is 30.1 Å². The van der Waals surface area contributed by atoms with Crippen LogP contribution in [0.3, 0.4) is 0 Å². The van der Waals surface area contributed by atoms with E-state index in [0.29, 0.717) is 13.1 Å². The highest BCUT2D eigenvalue weighted by Gasteiger charge is 2.24. The number of rotatable bonds is 1. The van der Waals surface area contributed by atoms with Crippen LogP contribution in [0.15, 0.2) is 18.9 Å². The number of aryl methyl sites for hydroxylation is 1.